The van der Waals surface area contributed by atoms with Crippen molar-refractivity contribution >= 4 is 17.2 Å². The molecule has 6 aromatic carbocycles. The Morgan fingerprint density at radius 1 is 0.406 bits per heavy atom. The molecule has 6 aromatic rings. The second-order valence-electron chi connectivity index (χ2n) is 17.5. The highest BCUT2D eigenvalue weighted by Gasteiger charge is 2.54. The minimum absolute atomic E-state index is 0.154. The van der Waals surface area contributed by atoms with E-state index in [-0.39, 0.29) is 23.7 Å². The van der Waals surface area contributed by atoms with Gasteiger partial charge in [0.1, 0.15) is 5.60 Å². The normalized spacial score (nSPS) is 12.2. The Hall–Kier alpha value is -4.18. The zero-order valence-electron chi connectivity index (χ0n) is 38.0. The van der Waals surface area contributed by atoms with E-state index in [4.69, 9.17) is 19.6 Å². The van der Waals surface area contributed by atoms with Gasteiger partial charge in [0.05, 0.1) is 25.2 Å². The van der Waals surface area contributed by atoms with E-state index in [1.165, 1.54) is 11.1 Å². The molecule has 0 saturated heterocycles. The molecule has 0 aliphatic carbocycles. The molecule has 0 fully saturated rings. The van der Waals surface area contributed by atoms with Crippen molar-refractivity contribution in [3.05, 3.63) is 167 Å². The third-order valence-electron chi connectivity index (χ3n) is 12.2. The first-order valence-electron chi connectivity index (χ1n) is 21.7. The highest BCUT2D eigenvalue weighted by Crippen LogP contribution is 2.53. The van der Waals surface area contributed by atoms with Gasteiger partial charge >= 0.3 is 17.2 Å². The lowest BCUT2D eigenvalue weighted by molar-refractivity contribution is -0.135. The minimum Gasteiger partial charge on any atom is -0.395 e. The summed E-state index contributed by atoms with van der Waals surface area (Å²) in [7, 11) is -5.22. The van der Waals surface area contributed by atoms with Crippen molar-refractivity contribution in [1.29, 1.82) is 0 Å². The smallest absolute Gasteiger partial charge is 0.334 e. The standard InChI is InChI=1S/C53H60O4.H4O5P2/c1-34(2)40-17-9-13-21-44(40)38-25-27-50(48(29-38)46-23-15-11-19-42(46)36(5)6)53(57,52(31-54,32-55)33-56)51-28-26-39(45-22-14-10-18-41(45)35(3)4)30-49(51)47-24-16-12-20-43(47)37(7)8;1-6(2)5-7(3)4/h9-30,34-37,54-57H,31-33H2,1-8H3;1-4H. The zero-order valence-corrected chi connectivity index (χ0v) is 39.8. The molecule has 340 valence electrons. The van der Waals surface area contributed by atoms with Crippen LogP contribution in [0.15, 0.2) is 133 Å². The summed E-state index contributed by atoms with van der Waals surface area (Å²) in [5.41, 5.74) is 9.34. The van der Waals surface area contributed by atoms with Crippen LogP contribution in [-0.2, 0) is 9.91 Å². The number of benzene rings is 6. The summed E-state index contributed by atoms with van der Waals surface area (Å²) in [6.45, 7) is 15.4. The molecule has 0 radical (unpaired) electrons. The van der Waals surface area contributed by atoms with Crippen molar-refractivity contribution in [2.75, 3.05) is 19.8 Å². The Kier molecular flexibility index (Phi) is 17.7. The average molecular weight is 907 g/mol. The van der Waals surface area contributed by atoms with Crippen LogP contribution in [0.1, 0.15) is 112 Å². The lowest BCUT2D eigenvalue weighted by Crippen LogP contribution is -2.54. The van der Waals surface area contributed by atoms with E-state index < -0.39 is 48.0 Å². The summed E-state index contributed by atoms with van der Waals surface area (Å²) in [4.78, 5) is 31.3. The third-order valence-corrected chi connectivity index (χ3v) is 13.3. The highest BCUT2D eigenvalue weighted by atomic mass is 31.2. The fraction of sp³-hybridized carbons (Fsp3) is 0.321. The highest BCUT2D eigenvalue weighted by molar-refractivity contribution is 7.53. The van der Waals surface area contributed by atoms with E-state index in [1.807, 2.05) is 48.5 Å². The molecule has 0 aliphatic rings. The van der Waals surface area contributed by atoms with Crippen LogP contribution in [0.25, 0.3) is 44.5 Å². The SMILES string of the molecule is CC(C)c1ccccc1-c1ccc(C(O)(c2ccc(-c3ccccc3C(C)C)cc2-c2ccccc2C(C)C)C(CO)(CO)CO)c(-c2ccccc2C(C)C)c1.OP(O)OP(O)O. The zero-order chi connectivity index (χ0) is 46.9. The molecule has 8 N–H and O–H groups in total. The molecular weight excluding hydrogens is 843 g/mol. The van der Waals surface area contributed by atoms with Crippen LogP contribution in [-0.4, -0.2) is 59.8 Å². The van der Waals surface area contributed by atoms with E-state index in [0.29, 0.717) is 11.1 Å². The molecule has 0 heterocycles. The molecule has 0 saturated carbocycles. The summed E-state index contributed by atoms with van der Waals surface area (Å²) in [6, 6.07) is 45.7. The van der Waals surface area contributed by atoms with Crippen molar-refractivity contribution in [1.82, 2.24) is 0 Å². The molecule has 11 heteroatoms. The fourth-order valence-electron chi connectivity index (χ4n) is 8.79. The summed E-state index contributed by atoms with van der Waals surface area (Å²) in [5.74, 6) is 0.859. The Balaban J connectivity index is 0.00000102. The number of aliphatic hydroxyl groups is 4. The van der Waals surface area contributed by atoms with Crippen molar-refractivity contribution < 1.29 is 44.3 Å². The number of rotatable bonds is 16. The van der Waals surface area contributed by atoms with Crippen molar-refractivity contribution in [3.8, 4) is 44.5 Å². The first-order chi connectivity index (χ1) is 30.5. The summed E-state index contributed by atoms with van der Waals surface area (Å²) >= 11 is 0. The van der Waals surface area contributed by atoms with E-state index in [1.54, 1.807) is 0 Å². The van der Waals surface area contributed by atoms with Crippen LogP contribution >= 0.6 is 17.2 Å². The van der Waals surface area contributed by atoms with Crippen LogP contribution in [0, 0.1) is 5.41 Å². The van der Waals surface area contributed by atoms with Gasteiger partial charge in [-0.05, 0) is 114 Å². The largest absolute Gasteiger partial charge is 0.395 e. The Labute approximate surface area is 381 Å². The van der Waals surface area contributed by atoms with Gasteiger partial charge in [0.25, 0.3) is 0 Å². The van der Waals surface area contributed by atoms with Crippen LogP contribution in [0.5, 0.6) is 0 Å². The minimum atomic E-state index is -2.61. The molecule has 0 unspecified atom stereocenters. The van der Waals surface area contributed by atoms with E-state index in [0.717, 1.165) is 55.6 Å². The van der Waals surface area contributed by atoms with Crippen LogP contribution in [0.3, 0.4) is 0 Å². The van der Waals surface area contributed by atoms with Gasteiger partial charge in [-0.15, -0.1) is 0 Å². The molecule has 0 aromatic heterocycles. The second kappa shape index (κ2) is 22.3. The molecule has 64 heavy (non-hydrogen) atoms. The maximum atomic E-state index is 14.1. The molecule has 0 atom stereocenters. The van der Waals surface area contributed by atoms with Gasteiger partial charge in [-0.2, -0.15) is 0 Å². The van der Waals surface area contributed by atoms with Crippen LogP contribution in [0.4, 0.5) is 0 Å². The Morgan fingerprint density at radius 3 is 0.953 bits per heavy atom. The Bertz CT molecular complexity index is 2290. The Morgan fingerprint density at radius 2 is 0.688 bits per heavy atom. The molecule has 0 bridgehead atoms. The van der Waals surface area contributed by atoms with Gasteiger partial charge in [0.2, 0.25) is 0 Å². The number of hydrogen-bond donors (Lipinski definition) is 8. The number of hydrogen-bond acceptors (Lipinski definition) is 9. The van der Waals surface area contributed by atoms with Gasteiger partial charge in [0.15, 0.2) is 0 Å². The van der Waals surface area contributed by atoms with Gasteiger partial charge in [-0.25, -0.2) is 4.31 Å². The molecule has 6 rings (SSSR count). The van der Waals surface area contributed by atoms with E-state index >= 15 is 0 Å². The lowest BCUT2D eigenvalue weighted by atomic mass is 9.62. The molecule has 9 nitrogen and oxygen atoms in total. The first-order valence-corrected chi connectivity index (χ1v) is 24.0. The average Bonchev–Trinajstić information content (AvgIpc) is 3.29. The van der Waals surface area contributed by atoms with Crippen molar-refractivity contribution in [2.45, 2.75) is 84.7 Å². The lowest BCUT2D eigenvalue weighted by Gasteiger charge is -2.47. The van der Waals surface area contributed by atoms with Crippen molar-refractivity contribution in [2.24, 2.45) is 5.41 Å². The van der Waals surface area contributed by atoms with Crippen LogP contribution in [0.2, 0.25) is 0 Å². The maximum Gasteiger partial charge on any atom is 0.334 e. The summed E-state index contributed by atoms with van der Waals surface area (Å²) in [6.07, 6.45) is 0. The number of aliphatic hydroxyl groups excluding tert-OH is 3. The second-order valence-corrected chi connectivity index (χ2v) is 19.2. The van der Waals surface area contributed by atoms with Crippen molar-refractivity contribution in [3.63, 3.8) is 0 Å². The summed E-state index contributed by atoms with van der Waals surface area (Å²) < 4.78 is 3.60. The predicted octanol–water partition coefficient (Wildman–Crippen LogP) is 11.5. The first kappa shape index (κ1) is 50.8. The molecule has 0 spiro atoms. The van der Waals surface area contributed by atoms with Gasteiger partial charge in [-0.1, -0.05) is 177 Å². The predicted molar refractivity (Wildman–Crippen MR) is 261 cm³/mol. The monoisotopic (exact) mass is 906 g/mol. The third kappa shape index (κ3) is 10.7. The topological polar surface area (TPSA) is 171 Å². The molecular formula is C53H64O9P2. The van der Waals surface area contributed by atoms with E-state index in [9.17, 15) is 20.4 Å². The maximum absolute atomic E-state index is 14.1. The van der Waals surface area contributed by atoms with Gasteiger partial charge in [0, 0.05) is 0 Å². The quantitative estimate of drug-likeness (QED) is 0.0440. The fourth-order valence-corrected chi connectivity index (χ4v) is 9.32. The molecule has 0 amide bonds. The van der Waals surface area contributed by atoms with Crippen LogP contribution < -0.4 is 0 Å². The van der Waals surface area contributed by atoms with E-state index in [2.05, 4.69) is 145 Å². The van der Waals surface area contributed by atoms with Gasteiger partial charge in [-0.3, -0.25) is 0 Å². The molecule has 0 aliphatic heterocycles. The van der Waals surface area contributed by atoms with Gasteiger partial charge < -0.3 is 40.0 Å². The summed E-state index contributed by atoms with van der Waals surface area (Å²) in [5, 5.41) is 48.4.